The summed E-state index contributed by atoms with van der Waals surface area (Å²) in [6.45, 7) is 2.61. The van der Waals surface area contributed by atoms with Gasteiger partial charge in [-0.15, -0.1) is 0 Å². The van der Waals surface area contributed by atoms with Gasteiger partial charge in [-0.3, -0.25) is 14.5 Å². The maximum absolute atomic E-state index is 13.0. The first-order valence-corrected chi connectivity index (χ1v) is 12.3. The molecule has 8 nitrogen and oxygen atoms in total. The lowest BCUT2D eigenvalue weighted by Crippen LogP contribution is -2.52. The number of benzene rings is 1. The number of nitrogens with one attached hydrogen (secondary N) is 2. The second kappa shape index (κ2) is 9.66. The average Bonchev–Trinajstić information content (AvgIpc) is 3.25. The summed E-state index contributed by atoms with van der Waals surface area (Å²) >= 11 is 0. The van der Waals surface area contributed by atoms with Gasteiger partial charge in [0, 0.05) is 64.2 Å². The van der Waals surface area contributed by atoms with Crippen LogP contribution in [0.25, 0.3) is 0 Å². The normalized spacial score (nSPS) is 22.4. The van der Waals surface area contributed by atoms with Crippen LogP contribution in [0.1, 0.15) is 46.7 Å². The first-order chi connectivity index (χ1) is 16.8. The number of carbonyl (C=O) groups excluding carboxylic acids is 2. The fourth-order valence-corrected chi connectivity index (χ4v) is 5.22. The third kappa shape index (κ3) is 5.54. The number of fused-ring (bicyclic) bond motifs is 2. The van der Waals surface area contributed by atoms with Gasteiger partial charge in [-0.05, 0) is 24.0 Å². The minimum Gasteiger partial charge on any atom is -0.390 e. The number of β-amino-alcohol motifs (C(OH)–C–C–N with tert-alkyl or cyclic N) is 1. The fourth-order valence-electron chi connectivity index (χ4n) is 5.22. The number of carbonyl (C=O) groups is 2. The third-order valence-corrected chi connectivity index (χ3v) is 7.21. The van der Waals surface area contributed by atoms with E-state index in [2.05, 4.69) is 32.7 Å². The maximum Gasteiger partial charge on any atom is 0.271 e. The Kier molecular flexibility index (Phi) is 6.59. The largest absolute Gasteiger partial charge is 0.390 e. The standard InChI is InChI=1S/C25H31F2N5O3/c26-25(27)9-19(10-25)29-23(34)18-5-6-22-30-21(15-32(22)13-18)24(35)28-11-20(33)14-31-8-7-16-3-1-2-4-17(16)12-31/h1-4,15,18-20,33H,5-14H2,(H,28,35)(H,29,34). The minimum atomic E-state index is -2.67. The Morgan fingerprint density at radius 1 is 1.20 bits per heavy atom. The van der Waals surface area contributed by atoms with Gasteiger partial charge >= 0.3 is 0 Å². The van der Waals surface area contributed by atoms with Crippen LogP contribution >= 0.6 is 0 Å². The van der Waals surface area contributed by atoms with Crippen LogP contribution in [0.2, 0.25) is 0 Å². The summed E-state index contributed by atoms with van der Waals surface area (Å²) in [5.41, 5.74) is 2.87. The predicted octanol–water partition coefficient (Wildman–Crippen LogP) is 1.51. The molecule has 3 N–H and O–H groups in total. The number of rotatable bonds is 7. The summed E-state index contributed by atoms with van der Waals surface area (Å²) < 4.78 is 27.8. The van der Waals surface area contributed by atoms with E-state index < -0.39 is 18.1 Å². The van der Waals surface area contributed by atoms with Crippen molar-refractivity contribution < 1.29 is 23.5 Å². The van der Waals surface area contributed by atoms with E-state index in [0.717, 1.165) is 25.3 Å². The molecular formula is C25H31F2N5O3. The fraction of sp³-hybridized carbons (Fsp3) is 0.560. The van der Waals surface area contributed by atoms with Gasteiger partial charge < -0.3 is 20.3 Å². The van der Waals surface area contributed by atoms with E-state index in [1.165, 1.54) is 11.1 Å². The van der Waals surface area contributed by atoms with Crippen LogP contribution in [-0.2, 0) is 30.7 Å². The summed E-state index contributed by atoms with van der Waals surface area (Å²) in [5, 5.41) is 15.9. The molecule has 35 heavy (non-hydrogen) atoms. The van der Waals surface area contributed by atoms with Crippen molar-refractivity contribution in [1.29, 1.82) is 0 Å². The summed E-state index contributed by atoms with van der Waals surface area (Å²) in [6, 6.07) is 7.84. The molecule has 0 bridgehead atoms. The highest BCUT2D eigenvalue weighted by Crippen LogP contribution is 2.37. The van der Waals surface area contributed by atoms with Gasteiger partial charge in [-0.2, -0.15) is 0 Å². The van der Waals surface area contributed by atoms with Crippen LogP contribution in [0.4, 0.5) is 8.78 Å². The van der Waals surface area contributed by atoms with Crippen molar-refractivity contribution in [2.24, 2.45) is 5.92 Å². The van der Waals surface area contributed by atoms with Crippen molar-refractivity contribution in [3.63, 3.8) is 0 Å². The molecule has 1 aliphatic carbocycles. The molecule has 188 valence electrons. The summed E-state index contributed by atoms with van der Waals surface area (Å²) in [7, 11) is 0. The molecule has 2 amide bonds. The molecule has 0 radical (unpaired) electrons. The zero-order valence-corrected chi connectivity index (χ0v) is 19.6. The smallest absolute Gasteiger partial charge is 0.271 e. The van der Waals surface area contributed by atoms with Gasteiger partial charge in [0.05, 0.1) is 12.0 Å². The average molecular weight is 488 g/mol. The lowest BCUT2D eigenvalue weighted by molar-refractivity contribution is -0.133. The van der Waals surface area contributed by atoms with Crippen LogP contribution < -0.4 is 10.6 Å². The number of aromatic nitrogens is 2. The number of amides is 2. The van der Waals surface area contributed by atoms with Crippen LogP contribution in [0.5, 0.6) is 0 Å². The first kappa shape index (κ1) is 23.9. The van der Waals surface area contributed by atoms with Gasteiger partial charge in [0.25, 0.3) is 11.8 Å². The Balaban J connectivity index is 1.08. The molecule has 2 aromatic rings. The minimum absolute atomic E-state index is 0.121. The first-order valence-electron chi connectivity index (χ1n) is 12.3. The lowest BCUT2D eigenvalue weighted by Gasteiger charge is -2.36. The molecule has 2 unspecified atom stereocenters. The van der Waals surface area contributed by atoms with Gasteiger partial charge in [0.1, 0.15) is 11.5 Å². The van der Waals surface area contributed by atoms with Crippen molar-refractivity contribution >= 4 is 11.8 Å². The number of alkyl halides is 2. The van der Waals surface area contributed by atoms with E-state index in [1.807, 2.05) is 12.1 Å². The van der Waals surface area contributed by atoms with E-state index in [1.54, 1.807) is 10.8 Å². The Morgan fingerprint density at radius 2 is 1.97 bits per heavy atom. The van der Waals surface area contributed by atoms with Crippen LogP contribution in [-0.4, -0.2) is 69.1 Å². The van der Waals surface area contributed by atoms with Crippen molar-refractivity contribution in [1.82, 2.24) is 25.1 Å². The van der Waals surface area contributed by atoms with Crippen molar-refractivity contribution in [3.8, 4) is 0 Å². The molecule has 10 heteroatoms. The van der Waals surface area contributed by atoms with Gasteiger partial charge in [-0.1, -0.05) is 24.3 Å². The highest BCUT2D eigenvalue weighted by Gasteiger charge is 2.46. The molecule has 5 rings (SSSR count). The van der Waals surface area contributed by atoms with E-state index in [4.69, 9.17) is 0 Å². The molecule has 1 aromatic heterocycles. The number of hydrogen-bond acceptors (Lipinski definition) is 5. The molecule has 0 spiro atoms. The quantitative estimate of drug-likeness (QED) is 0.550. The zero-order chi connectivity index (χ0) is 24.6. The third-order valence-electron chi connectivity index (χ3n) is 7.21. The van der Waals surface area contributed by atoms with Gasteiger partial charge in [0.2, 0.25) is 5.91 Å². The summed E-state index contributed by atoms with van der Waals surface area (Å²) in [4.78, 5) is 31.7. The monoisotopic (exact) mass is 487 g/mol. The zero-order valence-electron chi connectivity index (χ0n) is 19.6. The second-order valence-corrected chi connectivity index (χ2v) is 10.0. The molecule has 3 aliphatic rings. The molecule has 2 atom stereocenters. The molecule has 1 fully saturated rings. The predicted molar refractivity (Wildman–Crippen MR) is 124 cm³/mol. The van der Waals surface area contributed by atoms with Crippen LogP contribution in [0, 0.1) is 5.92 Å². The molecule has 0 saturated heterocycles. The number of imidazole rings is 1. The van der Waals surface area contributed by atoms with Crippen molar-refractivity contribution in [3.05, 3.63) is 53.1 Å². The number of hydrogen-bond donors (Lipinski definition) is 3. The molecule has 1 saturated carbocycles. The lowest BCUT2D eigenvalue weighted by atomic mass is 9.87. The van der Waals surface area contributed by atoms with Gasteiger partial charge in [-0.25, -0.2) is 13.8 Å². The highest BCUT2D eigenvalue weighted by atomic mass is 19.3. The highest BCUT2D eigenvalue weighted by molar-refractivity contribution is 5.92. The molecule has 2 aliphatic heterocycles. The molecule has 1 aromatic carbocycles. The molecule has 3 heterocycles. The Bertz CT molecular complexity index is 1100. The Hall–Kier alpha value is -2.85. The SMILES string of the molecule is O=C(NCC(O)CN1CCc2ccccc2C1)c1cn2c(n1)CCC(C(=O)NC1CC(F)(F)C1)C2. The second-order valence-electron chi connectivity index (χ2n) is 10.0. The number of nitrogens with zero attached hydrogens (tertiary/aromatic N) is 3. The summed E-state index contributed by atoms with van der Waals surface area (Å²) in [5.74, 6) is -2.87. The Morgan fingerprint density at radius 3 is 2.74 bits per heavy atom. The molecular weight excluding hydrogens is 456 g/mol. The van der Waals surface area contributed by atoms with Crippen LogP contribution in [0.15, 0.2) is 30.5 Å². The van der Waals surface area contributed by atoms with Crippen molar-refractivity contribution in [2.75, 3.05) is 19.6 Å². The maximum atomic E-state index is 13.0. The van der Waals surface area contributed by atoms with E-state index in [-0.39, 0.29) is 42.8 Å². The van der Waals surface area contributed by atoms with Crippen LogP contribution in [0.3, 0.4) is 0 Å². The van der Waals surface area contributed by atoms with Crippen molar-refractivity contribution in [2.45, 2.75) is 63.3 Å². The van der Waals surface area contributed by atoms with E-state index >= 15 is 0 Å². The number of halogens is 2. The number of aliphatic hydroxyl groups is 1. The topological polar surface area (TPSA) is 99.5 Å². The summed E-state index contributed by atoms with van der Waals surface area (Å²) in [6.07, 6.45) is 2.35. The van der Waals surface area contributed by atoms with E-state index in [0.29, 0.717) is 25.9 Å². The van der Waals surface area contributed by atoms with E-state index in [9.17, 15) is 23.5 Å². The van der Waals surface area contributed by atoms with Gasteiger partial charge in [0.15, 0.2) is 0 Å². The number of aryl methyl sites for hydroxylation is 1. The Labute approximate surface area is 202 Å². The number of aliphatic hydroxyl groups excluding tert-OH is 1.